The van der Waals surface area contributed by atoms with Crippen molar-refractivity contribution in [2.75, 3.05) is 0 Å². The van der Waals surface area contributed by atoms with Gasteiger partial charge in [0.05, 0.1) is 0 Å². The fourth-order valence-corrected chi connectivity index (χ4v) is 0.880. The molecule has 0 bridgehead atoms. The monoisotopic (exact) mass is 155 g/mol. The number of aryl methyl sites for hydroxylation is 1. The number of hydrogen-bond acceptors (Lipinski definition) is 3. The molecule has 0 aliphatic rings. The van der Waals surface area contributed by atoms with Crippen LogP contribution < -0.4 is 0 Å². The van der Waals surface area contributed by atoms with Gasteiger partial charge < -0.3 is 5.11 Å². The van der Waals surface area contributed by atoms with E-state index in [9.17, 15) is 5.11 Å². The lowest BCUT2D eigenvalue weighted by atomic mass is 10.1. The number of hydrogen-bond donors (Lipinski definition) is 1. The van der Waals surface area contributed by atoms with Crippen molar-refractivity contribution in [3.8, 4) is 5.88 Å². The van der Waals surface area contributed by atoms with E-state index in [1.165, 1.54) is 4.68 Å². The summed E-state index contributed by atoms with van der Waals surface area (Å²) in [6, 6.07) is 0. The molecule has 62 valence electrons. The fraction of sp³-hybridized carbons (Fsp3) is 0.714. The summed E-state index contributed by atoms with van der Waals surface area (Å²) >= 11 is 0. The Morgan fingerprint density at radius 1 is 1.64 bits per heavy atom. The van der Waals surface area contributed by atoms with Crippen molar-refractivity contribution in [2.24, 2.45) is 7.05 Å². The van der Waals surface area contributed by atoms with Crippen molar-refractivity contribution in [1.82, 2.24) is 15.0 Å². The molecule has 0 radical (unpaired) electrons. The summed E-state index contributed by atoms with van der Waals surface area (Å²) in [7, 11) is 1.67. The molecule has 1 atom stereocenters. The predicted molar refractivity (Wildman–Crippen MR) is 41.4 cm³/mol. The van der Waals surface area contributed by atoms with E-state index in [1.807, 2.05) is 6.92 Å². The predicted octanol–water partition coefficient (Wildman–Crippen LogP) is 1.03. The first-order valence-corrected chi connectivity index (χ1v) is 3.75. The van der Waals surface area contributed by atoms with Gasteiger partial charge in [-0.1, -0.05) is 19.1 Å². The van der Waals surface area contributed by atoms with E-state index in [2.05, 4.69) is 17.2 Å². The van der Waals surface area contributed by atoms with Crippen LogP contribution in [0, 0.1) is 0 Å². The molecular formula is C7H13N3O. The van der Waals surface area contributed by atoms with E-state index in [4.69, 9.17) is 0 Å². The van der Waals surface area contributed by atoms with Gasteiger partial charge >= 0.3 is 0 Å². The Morgan fingerprint density at radius 3 is 2.64 bits per heavy atom. The van der Waals surface area contributed by atoms with Gasteiger partial charge in [0.1, 0.15) is 5.69 Å². The number of aromatic nitrogens is 3. The van der Waals surface area contributed by atoms with Crippen LogP contribution in [0.2, 0.25) is 0 Å². The number of aromatic hydroxyl groups is 1. The summed E-state index contributed by atoms with van der Waals surface area (Å²) in [5.41, 5.74) is 0.690. The van der Waals surface area contributed by atoms with Crippen molar-refractivity contribution >= 4 is 0 Å². The maximum Gasteiger partial charge on any atom is 0.233 e. The first-order chi connectivity index (χ1) is 5.16. The standard InChI is InChI=1S/C7H13N3O/c1-4-5(2)6-7(11)10(3)9-8-6/h5,11H,4H2,1-3H3. The van der Waals surface area contributed by atoms with Crippen molar-refractivity contribution in [3.63, 3.8) is 0 Å². The number of rotatable bonds is 2. The van der Waals surface area contributed by atoms with Crippen LogP contribution in [0.3, 0.4) is 0 Å². The molecule has 0 spiro atoms. The topological polar surface area (TPSA) is 50.9 Å². The summed E-state index contributed by atoms with van der Waals surface area (Å²) in [5, 5.41) is 16.9. The third-order valence-corrected chi connectivity index (χ3v) is 1.90. The molecule has 1 aromatic heterocycles. The highest BCUT2D eigenvalue weighted by Gasteiger charge is 2.14. The van der Waals surface area contributed by atoms with Crippen LogP contribution in [0.25, 0.3) is 0 Å². The molecule has 0 fully saturated rings. The van der Waals surface area contributed by atoms with Crippen LogP contribution in [0.1, 0.15) is 31.9 Å². The van der Waals surface area contributed by atoms with Crippen molar-refractivity contribution < 1.29 is 5.11 Å². The SMILES string of the molecule is CCC(C)c1nnn(C)c1O. The highest BCUT2D eigenvalue weighted by molar-refractivity contribution is 5.18. The van der Waals surface area contributed by atoms with Crippen molar-refractivity contribution in [3.05, 3.63) is 5.69 Å². The van der Waals surface area contributed by atoms with E-state index >= 15 is 0 Å². The lowest BCUT2D eigenvalue weighted by Crippen LogP contribution is -1.92. The van der Waals surface area contributed by atoms with Crippen LogP contribution >= 0.6 is 0 Å². The molecule has 11 heavy (non-hydrogen) atoms. The summed E-state index contributed by atoms with van der Waals surface area (Å²) in [5.74, 6) is 0.461. The van der Waals surface area contributed by atoms with Crippen molar-refractivity contribution in [2.45, 2.75) is 26.2 Å². The van der Waals surface area contributed by atoms with Crippen LogP contribution in [-0.4, -0.2) is 20.1 Å². The summed E-state index contributed by atoms with van der Waals surface area (Å²) in [6.07, 6.45) is 0.965. The normalized spacial score (nSPS) is 13.4. The molecule has 1 unspecified atom stereocenters. The Morgan fingerprint density at radius 2 is 2.27 bits per heavy atom. The van der Waals surface area contributed by atoms with E-state index in [0.717, 1.165) is 6.42 Å². The Labute approximate surface area is 65.8 Å². The van der Waals surface area contributed by atoms with Gasteiger partial charge in [0.2, 0.25) is 5.88 Å². The van der Waals surface area contributed by atoms with E-state index in [0.29, 0.717) is 5.69 Å². The quantitative estimate of drug-likeness (QED) is 0.694. The molecule has 4 heteroatoms. The van der Waals surface area contributed by atoms with E-state index in [-0.39, 0.29) is 11.8 Å². The first kappa shape index (κ1) is 8.04. The molecule has 0 amide bonds. The summed E-state index contributed by atoms with van der Waals surface area (Å²) in [6.45, 7) is 4.07. The first-order valence-electron chi connectivity index (χ1n) is 3.75. The average molecular weight is 155 g/mol. The summed E-state index contributed by atoms with van der Waals surface area (Å²) < 4.78 is 1.38. The Balaban J connectivity index is 2.94. The third-order valence-electron chi connectivity index (χ3n) is 1.90. The molecule has 0 saturated carbocycles. The maximum atomic E-state index is 9.38. The van der Waals surface area contributed by atoms with E-state index < -0.39 is 0 Å². The van der Waals surface area contributed by atoms with Gasteiger partial charge in [0, 0.05) is 13.0 Å². The fourth-order valence-electron chi connectivity index (χ4n) is 0.880. The van der Waals surface area contributed by atoms with Crippen LogP contribution in [0.5, 0.6) is 5.88 Å². The van der Waals surface area contributed by atoms with Crippen LogP contribution in [0.15, 0.2) is 0 Å². The van der Waals surface area contributed by atoms with Gasteiger partial charge in [0.25, 0.3) is 0 Å². The lowest BCUT2D eigenvalue weighted by molar-refractivity contribution is 0.410. The van der Waals surface area contributed by atoms with E-state index in [1.54, 1.807) is 7.05 Å². The van der Waals surface area contributed by atoms with Crippen LogP contribution in [-0.2, 0) is 7.05 Å². The van der Waals surface area contributed by atoms with Crippen LogP contribution in [0.4, 0.5) is 0 Å². The van der Waals surface area contributed by atoms with Gasteiger partial charge in [-0.3, -0.25) is 0 Å². The summed E-state index contributed by atoms with van der Waals surface area (Å²) in [4.78, 5) is 0. The minimum Gasteiger partial charge on any atom is -0.492 e. The Hall–Kier alpha value is -1.06. The molecule has 4 nitrogen and oxygen atoms in total. The van der Waals surface area contributed by atoms with Gasteiger partial charge in [-0.25, -0.2) is 4.68 Å². The molecule has 1 heterocycles. The smallest absolute Gasteiger partial charge is 0.233 e. The Bertz CT molecular complexity index is 244. The molecule has 1 N–H and O–H groups in total. The van der Waals surface area contributed by atoms with Gasteiger partial charge in [0.15, 0.2) is 0 Å². The zero-order chi connectivity index (χ0) is 8.43. The maximum absolute atomic E-state index is 9.38. The second-order valence-electron chi connectivity index (χ2n) is 2.73. The zero-order valence-electron chi connectivity index (χ0n) is 7.07. The number of nitrogens with zero attached hydrogens (tertiary/aromatic N) is 3. The minimum atomic E-state index is 0.180. The second-order valence-corrected chi connectivity index (χ2v) is 2.73. The molecule has 0 aliphatic carbocycles. The zero-order valence-corrected chi connectivity index (χ0v) is 7.07. The lowest BCUT2D eigenvalue weighted by Gasteiger charge is -2.02. The van der Waals surface area contributed by atoms with Gasteiger partial charge in [-0.15, -0.1) is 5.10 Å². The van der Waals surface area contributed by atoms with Crippen molar-refractivity contribution in [1.29, 1.82) is 0 Å². The molecule has 0 aliphatic heterocycles. The van der Waals surface area contributed by atoms with Gasteiger partial charge in [-0.2, -0.15) is 0 Å². The Kier molecular flexibility index (Phi) is 2.12. The largest absolute Gasteiger partial charge is 0.492 e. The third kappa shape index (κ3) is 1.34. The minimum absolute atomic E-state index is 0.180. The molecular weight excluding hydrogens is 142 g/mol. The molecule has 0 saturated heterocycles. The molecule has 0 aromatic carbocycles. The highest BCUT2D eigenvalue weighted by atomic mass is 16.3. The molecule has 1 rings (SSSR count). The average Bonchev–Trinajstić information content (AvgIpc) is 2.32. The second kappa shape index (κ2) is 2.90. The molecule has 1 aromatic rings. The van der Waals surface area contributed by atoms with Gasteiger partial charge in [-0.05, 0) is 6.42 Å². The highest BCUT2D eigenvalue weighted by Crippen LogP contribution is 2.23.